The number of carbonyl (C=O) groups is 3. The van der Waals surface area contributed by atoms with Gasteiger partial charge < -0.3 is 14.2 Å². The van der Waals surface area contributed by atoms with Gasteiger partial charge in [-0.15, -0.1) is 0 Å². The van der Waals surface area contributed by atoms with Crippen molar-refractivity contribution in [1.29, 1.82) is 0 Å². The highest BCUT2D eigenvalue weighted by atomic mass is 16.6. The van der Waals surface area contributed by atoms with Gasteiger partial charge in [-0.25, -0.2) is 0 Å². The van der Waals surface area contributed by atoms with Gasteiger partial charge in [-0.1, -0.05) is 234 Å². The lowest BCUT2D eigenvalue weighted by molar-refractivity contribution is -0.167. The van der Waals surface area contributed by atoms with Gasteiger partial charge in [0.05, 0.1) is 0 Å². The zero-order valence-electron chi connectivity index (χ0n) is 39.7. The number of ether oxygens (including phenoxy) is 3. The Bertz CT molecular complexity index is 1200. The van der Waals surface area contributed by atoms with Crippen LogP contribution in [0.1, 0.15) is 226 Å². The van der Waals surface area contributed by atoms with Crippen LogP contribution < -0.4 is 0 Å². The van der Waals surface area contributed by atoms with Crippen LogP contribution in [0, 0.1) is 0 Å². The minimum Gasteiger partial charge on any atom is -0.462 e. The summed E-state index contributed by atoms with van der Waals surface area (Å²) in [6.07, 6.45) is 62.9. The van der Waals surface area contributed by atoms with Crippen molar-refractivity contribution in [3.8, 4) is 0 Å². The van der Waals surface area contributed by atoms with Crippen molar-refractivity contribution < 1.29 is 28.6 Å². The summed E-state index contributed by atoms with van der Waals surface area (Å²) in [7, 11) is 0. The van der Waals surface area contributed by atoms with Crippen LogP contribution >= 0.6 is 0 Å². The number of carbonyl (C=O) groups excluding carboxylic acids is 3. The molecule has 0 amide bonds. The molecule has 0 aliphatic carbocycles. The maximum Gasteiger partial charge on any atom is 0.306 e. The highest BCUT2D eigenvalue weighted by molar-refractivity contribution is 5.71. The molecular weight excluding hydrogens is 757 g/mol. The fourth-order valence-corrected chi connectivity index (χ4v) is 6.76. The third kappa shape index (κ3) is 47.5. The minimum absolute atomic E-state index is 0.112. The van der Waals surface area contributed by atoms with E-state index in [-0.39, 0.29) is 37.5 Å². The van der Waals surface area contributed by atoms with Crippen LogP contribution in [0.2, 0.25) is 0 Å². The number of unbranched alkanes of at least 4 members (excludes halogenated alkanes) is 24. The second-order valence-corrected chi connectivity index (χ2v) is 16.5. The molecule has 348 valence electrons. The molecule has 0 saturated heterocycles. The number of esters is 3. The summed E-state index contributed by atoms with van der Waals surface area (Å²) in [5, 5.41) is 0. The predicted molar refractivity (Wildman–Crippen MR) is 261 cm³/mol. The summed E-state index contributed by atoms with van der Waals surface area (Å²) < 4.78 is 16.7. The molecule has 0 fully saturated rings. The van der Waals surface area contributed by atoms with E-state index in [0.717, 1.165) is 64.2 Å². The Hall–Kier alpha value is -3.41. The normalized spacial score (nSPS) is 12.8. The molecule has 0 N–H and O–H groups in total. The molecule has 0 aliphatic heterocycles. The van der Waals surface area contributed by atoms with Crippen molar-refractivity contribution in [1.82, 2.24) is 0 Å². The number of hydrogen-bond donors (Lipinski definition) is 0. The summed E-state index contributed by atoms with van der Waals surface area (Å²) in [6, 6.07) is 0. The van der Waals surface area contributed by atoms with E-state index in [2.05, 4.69) is 51.2 Å². The Balaban J connectivity index is 4.51. The molecule has 0 radical (unpaired) electrons. The molecule has 0 aromatic rings. The van der Waals surface area contributed by atoms with Crippen molar-refractivity contribution in [3.63, 3.8) is 0 Å². The summed E-state index contributed by atoms with van der Waals surface area (Å²) in [4.78, 5) is 37.9. The third-order valence-corrected chi connectivity index (χ3v) is 10.5. The maximum atomic E-state index is 12.8. The maximum absolute atomic E-state index is 12.8. The van der Waals surface area contributed by atoms with Crippen LogP contribution in [0.15, 0.2) is 85.1 Å². The number of rotatable bonds is 44. The van der Waals surface area contributed by atoms with E-state index in [1.54, 1.807) is 0 Å². The lowest BCUT2D eigenvalue weighted by atomic mass is 10.0. The van der Waals surface area contributed by atoms with Crippen LogP contribution in [-0.4, -0.2) is 37.2 Å². The second kappa shape index (κ2) is 49.2. The summed E-state index contributed by atoms with van der Waals surface area (Å²) in [5.74, 6) is -1.01. The Morgan fingerprint density at radius 1 is 0.344 bits per heavy atom. The van der Waals surface area contributed by atoms with Gasteiger partial charge in [0.1, 0.15) is 13.2 Å². The van der Waals surface area contributed by atoms with E-state index in [4.69, 9.17) is 14.2 Å². The first kappa shape index (κ1) is 57.6. The van der Waals surface area contributed by atoms with Crippen LogP contribution in [-0.2, 0) is 28.6 Å². The summed E-state index contributed by atoms with van der Waals surface area (Å²) in [5.41, 5.74) is 0. The Morgan fingerprint density at radius 3 is 1.10 bits per heavy atom. The molecule has 0 aliphatic rings. The van der Waals surface area contributed by atoms with Gasteiger partial charge >= 0.3 is 17.9 Å². The largest absolute Gasteiger partial charge is 0.462 e. The zero-order chi connectivity index (χ0) is 44.4. The first-order chi connectivity index (χ1) is 30.0. The predicted octanol–water partition coefficient (Wildman–Crippen LogP) is 16.4. The van der Waals surface area contributed by atoms with Crippen molar-refractivity contribution in [2.75, 3.05) is 13.2 Å². The Morgan fingerprint density at radius 2 is 0.656 bits per heavy atom. The van der Waals surface area contributed by atoms with Crippen LogP contribution in [0.5, 0.6) is 0 Å². The van der Waals surface area contributed by atoms with Gasteiger partial charge in [0.2, 0.25) is 0 Å². The molecule has 0 rings (SSSR count). The number of hydrogen-bond acceptors (Lipinski definition) is 6. The lowest BCUT2D eigenvalue weighted by Crippen LogP contribution is -2.30. The molecule has 0 saturated carbocycles. The monoisotopic (exact) mass is 849 g/mol. The van der Waals surface area contributed by atoms with Crippen molar-refractivity contribution >= 4 is 17.9 Å². The quantitative estimate of drug-likeness (QED) is 0.0263. The SMILES string of the molecule is CC/C=C/C=C/C=C/C=C/C=C/CCCC(=O)OCC(COC(=O)CCCCC/C=C/C=C/CCCCCCCCC)OC(=O)CCCCCCCCCCCCCCCC. The highest BCUT2D eigenvalue weighted by Gasteiger charge is 2.19. The van der Waals surface area contributed by atoms with Gasteiger partial charge in [-0.2, -0.15) is 0 Å². The first-order valence-electron chi connectivity index (χ1n) is 25.2. The molecule has 0 aromatic carbocycles. The van der Waals surface area contributed by atoms with Crippen molar-refractivity contribution in [2.45, 2.75) is 232 Å². The van der Waals surface area contributed by atoms with Gasteiger partial charge in [0, 0.05) is 19.3 Å². The molecule has 6 nitrogen and oxygen atoms in total. The van der Waals surface area contributed by atoms with E-state index in [1.807, 2.05) is 54.7 Å². The molecule has 1 atom stereocenters. The number of allylic oxidation sites excluding steroid dienone is 14. The first-order valence-corrected chi connectivity index (χ1v) is 25.2. The molecule has 0 bridgehead atoms. The van der Waals surface area contributed by atoms with Gasteiger partial charge in [0.15, 0.2) is 6.10 Å². The fraction of sp³-hybridized carbons (Fsp3) is 0.691. The summed E-state index contributed by atoms with van der Waals surface area (Å²) in [6.45, 7) is 6.40. The minimum atomic E-state index is -0.813. The van der Waals surface area contributed by atoms with Crippen LogP contribution in [0.3, 0.4) is 0 Å². The molecule has 1 unspecified atom stereocenters. The molecular formula is C55H92O6. The van der Waals surface area contributed by atoms with Crippen molar-refractivity contribution in [2.24, 2.45) is 0 Å². The average Bonchev–Trinajstić information content (AvgIpc) is 3.26. The Kier molecular flexibility index (Phi) is 46.5. The summed E-state index contributed by atoms with van der Waals surface area (Å²) >= 11 is 0. The van der Waals surface area contributed by atoms with Crippen LogP contribution in [0.25, 0.3) is 0 Å². The van der Waals surface area contributed by atoms with E-state index < -0.39 is 6.10 Å². The standard InChI is InChI=1S/C55H92O6/c1-4-7-10-13-16-19-22-25-27-28-31-33-36-39-42-45-48-54(57)60-51-52(50-59-53(56)47-44-41-38-35-32-29-24-21-18-15-12-9-6-3)61-55(58)49-46-43-40-37-34-30-26-23-20-17-14-11-8-5-2/h9,12,15,18,21,24,27-29,31-33,35,38,52H,4-8,10-11,13-14,16-17,19-20,22-23,25-26,30,34,36-37,39-51H2,1-3H3/b12-9+,18-15+,24-21+,28-27+,32-29+,33-31+,38-35+. The van der Waals surface area contributed by atoms with Gasteiger partial charge in [-0.05, 0) is 57.8 Å². The van der Waals surface area contributed by atoms with Crippen LogP contribution in [0.4, 0.5) is 0 Å². The van der Waals surface area contributed by atoms with Crippen molar-refractivity contribution in [3.05, 3.63) is 85.1 Å². The zero-order valence-corrected chi connectivity index (χ0v) is 39.7. The van der Waals surface area contributed by atoms with Gasteiger partial charge in [-0.3, -0.25) is 14.4 Å². The third-order valence-electron chi connectivity index (χ3n) is 10.5. The smallest absolute Gasteiger partial charge is 0.306 e. The van der Waals surface area contributed by atoms with E-state index in [0.29, 0.717) is 19.3 Å². The second-order valence-electron chi connectivity index (χ2n) is 16.5. The lowest BCUT2D eigenvalue weighted by Gasteiger charge is -2.18. The molecule has 0 aromatic heterocycles. The highest BCUT2D eigenvalue weighted by Crippen LogP contribution is 2.15. The molecule has 0 spiro atoms. The average molecular weight is 849 g/mol. The van der Waals surface area contributed by atoms with E-state index >= 15 is 0 Å². The fourth-order valence-electron chi connectivity index (χ4n) is 6.76. The van der Waals surface area contributed by atoms with E-state index in [9.17, 15) is 14.4 Å². The van der Waals surface area contributed by atoms with E-state index in [1.165, 1.54) is 116 Å². The Labute approximate surface area is 375 Å². The molecule has 61 heavy (non-hydrogen) atoms. The topological polar surface area (TPSA) is 78.9 Å². The van der Waals surface area contributed by atoms with Gasteiger partial charge in [0.25, 0.3) is 0 Å². The molecule has 0 heterocycles. The molecule has 6 heteroatoms.